The fraction of sp³-hybridized carbons (Fsp3) is 0.0769. The molecule has 0 aliphatic carbocycles. The van der Waals surface area contributed by atoms with Crippen LogP contribution in [-0.4, -0.2) is 8.42 Å². The van der Waals surface area contributed by atoms with E-state index in [1.165, 1.54) is 30.3 Å². The molecule has 0 amide bonds. The highest BCUT2D eigenvalue weighted by Gasteiger charge is 2.20. The van der Waals surface area contributed by atoms with Crippen molar-refractivity contribution >= 4 is 43.2 Å². The SMILES string of the molecule is Nc1cc(Cl)cc(S(=O)(=O)NCc2cccc(F)c2)c1Br. The highest BCUT2D eigenvalue weighted by atomic mass is 79.9. The maximum atomic E-state index is 13.1. The van der Waals surface area contributed by atoms with E-state index in [1.807, 2.05) is 0 Å². The number of nitrogens with one attached hydrogen (secondary N) is 1. The molecule has 0 spiro atoms. The molecular formula is C13H11BrClFN2O2S. The number of rotatable bonds is 4. The van der Waals surface area contributed by atoms with Crippen LogP contribution >= 0.6 is 27.5 Å². The van der Waals surface area contributed by atoms with E-state index in [2.05, 4.69) is 20.7 Å². The Morgan fingerprint density at radius 1 is 1.29 bits per heavy atom. The van der Waals surface area contributed by atoms with E-state index in [0.717, 1.165) is 0 Å². The number of benzene rings is 2. The third kappa shape index (κ3) is 3.94. The third-order valence-corrected chi connectivity index (χ3v) is 5.47. The van der Waals surface area contributed by atoms with Gasteiger partial charge < -0.3 is 5.73 Å². The van der Waals surface area contributed by atoms with Gasteiger partial charge in [-0.25, -0.2) is 17.5 Å². The maximum absolute atomic E-state index is 13.1. The number of anilines is 1. The van der Waals surface area contributed by atoms with E-state index < -0.39 is 15.8 Å². The molecule has 0 aliphatic heterocycles. The van der Waals surface area contributed by atoms with Crippen molar-refractivity contribution in [2.45, 2.75) is 11.4 Å². The minimum atomic E-state index is -3.83. The van der Waals surface area contributed by atoms with Crippen molar-refractivity contribution in [1.29, 1.82) is 0 Å². The van der Waals surface area contributed by atoms with Gasteiger partial charge in [0.1, 0.15) is 5.82 Å². The van der Waals surface area contributed by atoms with Crippen molar-refractivity contribution < 1.29 is 12.8 Å². The molecule has 0 unspecified atom stereocenters. The van der Waals surface area contributed by atoms with E-state index in [9.17, 15) is 12.8 Å². The van der Waals surface area contributed by atoms with E-state index in [-0.39, 0.29) is 26.6 Å². The van der Waals surface area contributed by atoms with Crippen molar-refractivity contribution in [2.75, 3.05) is 5.73 Å². The molecule has 2 aromatic rings. The van der Waals surface area contributed by atoms with Crippen molar-refractivity contribution in [3.8, 4) is 0 Å². The number of sulfonamides is 1. The second kappa shape index (κ2) is 6.31. The Morgan fingerprint density at radius 3 is 2.67 bits per heavy atom. The second-order valence-corrected chi connectivity index (χ2v) is 7.23. The van der Waals surface area contributed by atoms with Crippen LogP contribution in [0.15, 0.2) is 45.8 Å². The van der Waals surface area contributed by atoms with Crippen molar-refractivity contribution in [2.24, 2.45) is 0 Å². The van der Waals surface area contributed by atoms with Gasteiger partial charge >= 0.3 is 0 Å². The normalized spacial score (nSPS) is 11.6. The quantitative estimate of drug-likeness (QED) is 0.783. The summed E-state index contributed by atoms with van der Waals surface area (Å²) in [4.78, 5) is -0.0658. The number of hydrogen-bond donors (Lipinski definition) is 2. The average Bonchev–Trinajstić information content (AvgIpc) is 2.41. The Balaban J connectivity index is 2.27. The monoisotopic (exact) mass is 392 g/mol. The zero-order valence-electron chi connectivity index (χ0n) is 10.6. The van der Waals surface area contributed by atoms with E-state index >= 15 is 0 Å². The molecule has 0 aliphatic rings. The van der Waals surface area contributed by atoms with Crippen LogP contribution in [0.1, 0.15) is 5.56 Å². The van der Waals surface area contributed by atoms with Gasteiger partial charge in [0.2, 0.25) is 10.0 Å². The first-order valence-corrected chi connectivity index (χ1v) is 8.43. The zero-order valence-corrected chi connectivity index (χ0v) is 13.8. The Bertz CT molecular complexity index is 784. The maximum Gasteiger partial charge on any atom is 0.242 e. The predicted octanol–water partition coefficient (Wildman–Crippen LogP) is 3.30. The molecule has 112 valence electrons. The van der Waals surface area contributed by atoms with Crippen LogP contribution < -0.4 is 10.5 Å². The molecule has 2 aromatic carbocycles. The summed E-state index contributed by atoms with van der Waals surface area (Å²) in [6, 6.07) is 8.39. The number of halogens is 3. The van der Waals surface area contributed by atoms with Crippen LogP contribution in [0.3, 0.4) is 0 Å². The van der Waals surface area contributed by atoms with Crippen LogP contribution in [-0.2, 0) is 16.6 Å². The fourth-order valence-electron chi connectivity index (χ4n) is 1.68. The fourth-order valence-corrected chi connectivity index (χ4v) is 3.99. The van der Waals surface area contributed by atoms with Gasteiger partial charge in [-0.15, -0.1) is 0 Å². The average molecular weight is 394 g/mol. The molecule has 8 heteroatoms. The summed E-state index contributed by atoms with van der Waals surface area (Å²) in [7, 11) is -3.83. The molecule has 0 saturated carbocycles. The van der Waals surface area contributed by atoms with Crippen molar-refractivity contribution in [1.82, 2.24) is 4.72 Å². The molecule has 0 saturated heterocycles. The number of hydrogen-bond acceptors (Lipinski definition) is 3. The predicted molar refractivity (Wildman–Crippen MR) is 84.0 cm³/mol. The molecule has 0 bridgehead atoms. The summed E-state index contributed by atoms with van der Waals surface area (Å²) in [5.74, 6) is -0.431. The zero-order chi connectivity index (χ0) is 15.6. The van der Waals surface area contributed by atoms with Gasteiger partial charge in [-0.2, -0.15) is 0 Å². The molecule has 0 radical (unpaired) electrons. The van der Waals surface area contributed by atoms with E-state index in [1.54, 1.807) is 6.07 Å². The topological polar surface area (TPSA) is 72.2 Å². The lowest BCUT2D eigenvalue weighted by Gasteiger charge is -2.11. The van der Waals surface area contributed by atoms with Crippen LogP contribution in [0.2, 0.25) is 5.02 Å². The first-order chi connectivity index (χ1) is 9.79. The molecule has 0 fully saturated rings. The Hall–Kier alpha value is -1.15. The summed E-state index contributed by atoms with van der Waals surface area (Å²) in [6.07, 6.45) is 0. The minimum Gasteiger partial charge on any atom is -0.398 e. The molecule has 4 nitrogen and oxygen atoms in total. The Morgan fingerprint density at radius 2 is 2.00 bits per heavy atom. The van der Waals surface area contributed by atoms with Gasteiger partial charge in [0.05, 0.1) is 9.37 Å². The highest BCUT2D eigenvalue weighted by Crippen LogP contribution is 2.31. The summed E-state index contributed by atoms with van der Waals surface area (Å²) < 4.78 is 40.2. The summed E-state index contributed by atoms with van der Waals surface area (Å²) in [6.45, 7) is -0.0427. The van der Waals surface area contributed by atoms with Crippen LogP contribution in [0, 0.1) is 5.82 Å². The summed E-state index contributed by atoms with van der Waals surface area (Å²) >= 11 is 8.95. The van der Waals surface area contributed by atoms with Gasteiger partial charge in [0, 0.05) is 17.3 Å². The minimum absolute atomic E-state index is 0.0427. The number of nitrogens with two attached hydrogens (primary N) is 1. The van der Waals surface area contributed by atoms with Gasteiger partial charge in [0.25, 0.3) is 0 Å². The van der Waals surface area contributed by atoms with Crippen molar-refractivity contribution in [3.05, 3.63) is 57.3 Å². The third-order valence-electron chi connectivity index (χ3n) is 2.68. The molecule has 3 N–H and O–H groups in total. The standard InChI is InChI=1S/C13H11BrClFN2O2S/c14-13-11(17)5-9(15)6-12(13)21(19,20)18-7-8-2-1-3-10(16)4-8/h1-6,18H,7,17H2. The summed E-state index contributed by atoms with van der Waals surface area (Å²) in [5, 5.41) is 0.210. The van der Waals surface area contributed by atoms with E-state index in [0.29, 0.717) is 5.56 Å². The molecular weight excluding hydrogens is 383 g/mol. The van der Waals surface area contributed by atoms with E-state index in [4.69, 9.17) is 17.3 Å². The molecule has 0 aromatic heterocycles. The molecule has 0 heterocycles. The Labute approximate surface area is 135 Å². The first-order valence-electron chi connectivity index (χ1n) is 5.78. The molecule has 0 atom stereocenters. The summed E-state index contributed by atoms with van der Waals surface area (Å²) in [5.41, 5.74) is 6.39. The van der Waals surface area contributed by atoms with Gasteiger partial charge in [-0.1, -0.05) is 23.7 Å². The lowest BCUT2D eigenvalue weighted by atomic mass is 10.2. The van der Waals surface area contributed by atoms with Crippen LogP contribution in [0.5, 0.6) is 0 Å². The largest absolute Gasteiger partial charge is 0.398 e. The van der Waals surface area contributed by atoms with Gasteiger partial charge in [0.15, 0.2) is 0 Å². The Kier molecular flexibility index (Phi) is 4.88. The molecule has 2 rings (SSSR count). The lowest BCUT2D eigenvalue weighted by Crippen LogP contribution is -2.24. The van der Waals surface area contributed by atoms with Gasteiger partial charge in [-0.05, 0) is 45.8 Å². The van der Waals surface area contributed by atoms with Crippen molar-refractivity contribution in [3.63, 3.8) is 0 Å². The number of nitrogen functional groups attached to an aromatic ring is 1. The smallest absolute Gasteiger partial charge is 0.242 e. The van der Waals surface area contributed by atoms with Gasteiger partial charge in [-0.3, -0.25) is 0 Å². The highest BCUT2D eigenvalue weighted by molar-refractivity contribution is 9.10. The van der Waals surface area contributed by atoms with Crippen LogP contribution in [0.25, 0.3) is 0 Å². The second-order valence-electron chi connectivity index (χ2n) is 4.26. The first kappa shape index (κ1) is 16.2. The molecule has 21 heavy (non-hydrogen) atoms. The van der Waals surface area contributed by atoms with Crippen LogP contribution in [0.4, 0.5) is 10.1 Å². The lowest BCUT2D eigenvalue weighted by molar-refractivity contribution is 0.580.